The molecular formula is C14H21NO3. The van der Waals surface area contributed by atoms with E-state index in [2.05, 4.69) is 19.2 Å². The van der Waals surface area contributed by atoms with E-state index in [1.54, 1.807) is 0 Å². The molecule has 0 bridgehead atoms. The number of rotatable bonds is 5. The van der Waals surface area contributed by atoms with Crippen LogP contribution in [0, 0.1) is 5.92 Å². The Balaban J connectivity index is 2.73. The molecule has 0 aromatic heterocycles. The second-order valence-electron chi connectivity index (χ2n) is 4.54. The van der Waals surface area contributed by atoms with E-state index < -0.39 is 0 Å². The highest BCUT2D eigenvalue weighted by Gasteiger charge is 2.17. The van der Waals surface area contributed by atoms with E-state index in [9.17, 15) is 15.0 Å². The van der Waals surface area contributed by atoms with Gasteiger partial charge in [-0.05, 0) is 31.0 Å². The second kappa shape index (κ2) is 6.28. The van der Waals surface area contributed by atoms with Crippen molar-refractivity contribution in [3.63, 3.8) is 0 Å². The molecule has 0 spiro atoms. The molecule has 1 amide bonds. The zero-order valence-corrected chi connectivity index (χ0v) is 11.1. The van der Waals surface area contributed by atoms with Crippen LogP contribution in [0.5, 0.6) is 11.5 Å². The van der Waals surface area contributed by atoms with Crippen LogP contribution in [-0.4, -0.2) is 22.2 Å². The Bertz CT molecular complexity index is 414. The van der Waals surface area contributed by atoms with Crippen LogP contribution in [0.1, 0.15) is 44.0 Å². The van der Waals surface area contributed by atoms with Gasteiger partial charge >= 0.3 is 0 Å². The molecule has 18 heavy (non-hydrogen) atoms. The van der Waals surface area contributed by atoms with Crippen LogP contribution in [0.25, 0.3) is 0 Å². The summed E-state index contributed by atoms with van der Waals surface area (Å²) in [6.07, 6.45) is 2.03. The Morgan fingerprint density at radius 1 is 1.22 bits per heavy atom. The first kappa shape index (κ1) is 14.4. The van der Waals surface area contributed by atoms with Crippen LogP contribution in [0.4, 0.5) is 0 Å². The molecule has 0 heterocycles. The highest BCUT2D eigenvalue weighted by Crippen LogP contribution is 2.25. The molecule has 4 nitrogen and oxygen atoms in total. The number of carbonyl (C=O) groups is 1. The van der Waals surface area contributed by atoms with Gasteiger partial charge in [0, 0.05) is 11.6 Å². The van der Waals surface area contributed by atoms with Crippen molar-refractivity contribution in [3.8, 4) is 11.5 Å². The Kier molecular flexibility index (Phi) is 5.01. The molecule has 0 aliphatic heterocycles. The quantitative estimate of drug-likeness (QED) is 0.705. The summed E-state index contributed by atoms with van der Waals surface area (Å²) in [5, 5.41) is 21.5. The molecular weight excluding hydrogens is 230 g/mol. The van der Waals surface area contributed by atoms with E-state index >= 15 is 0 Å². The van der Waals surface area contributed by atoms with Gasteiger partial charge in [0.2, 0.25) is 0 Å². The molecule has 0 radical (unpaired) electrons. The number of carbonyl (C=O) groups excluding carboxylic acids is 1. The van der Waals surface area contributed by atoms with Gasteiger partial charge in [-0.15, -0.1) is 0 Å². The number of amides is 1. The van der Waals surface area contributed by atoms with Gasteiger partial charge in [0.1, 0.15) is 0 Å². The number of phenols is 2. The predicted molar refractivity (Wildman–Crippen MR) is 70.8 cm³/mol. The van der Waals surface area contributed by atoms with Crippen molar-refractivity contribution in [2.24, 2.45) is 5.92 Å². The van der Waals surface area contributed by atoms with Crippen molar-refractivity contribution in [1.29, 1.82) is 0 Å². The van der Waals surface area contributed by atoms with Crippen LogP contribution < -0.4 is 5.32 Å². The molecule has 3 N–H and O–H groups in total. The Hall–Kier alpha value is -1.71. The summed E-state index contributed by atoms with van der Waals surface area (Å²) >= 11 is 0. The molecule has 0 fully saturated rings. The van der Waals surface area contributed by atoms with Crippen molar-refractivity contribution in [3.05, 3.63) is 23.8 Å². The van der Waals surface area contributed by atoms with Crippen LogP contribution in [0.3, 0.4) is 0 Å². The van der Waals surface area contributed by atoms with Crippen molar-refractivity contribution < 1.29 is 15.0 Å². The summed E-state index contributed by atoms with van der Waals surface area (Å²) in [5.41, 5.74) is 0.350. The Morgan fingerprint density at radius 2 is 1.83 bits per heavy atom. The molecule has 0 saturated carbocycles. The summed E-state index contributed by atoms with van der Waals surface area (Å²) in [5.74, 6) is -0.290. The fourth-order valence-electron chi connectivity index (χ4n) is 2.07. The van der Waals surface area contributed by atoms with Crippen LogP contribution >= 0.6 is 0 Å². The number of aromatic hydroxyl groups is 2. The molecule has 1 atom stereocenters. The van der Waals surface area contributed by atoms with Gasteiger partial charge in [0.25, 0.3) is 5.91 Å². The maximum atomic E-state index is 12.0. The third-order valence-electron chi connectivity index (χ3n) is 3.35. The minimum atomic E-state index is -0.280. The number of hydrogen-bond donors (Lipinski definition) is 3. The van der Waals surface area contributed by atoms with Crippen LogP contribution in [0.15, 0.2) is 18.2 Å². The highest BCUT2D eigenvalue weighted by molar-refractivity contribution is 5.95. The summed E-state index contributed by atoms with van der Waals surface area (Å²) in [7, 11) is 0. The topological polar surface area (TPSA) is 69.6 Å². The molecule has 1 unspecified atom stereocenters. The van der Waals surface area contributed by atoms with Gasteiger partial charge < -0.3 is 15.5 Å². The molecule has 0 saturated heterocycles. The van der Waals surface area contributed by atoms with E-state index in [0.717, 1.165) is 12.8 Å². The summed E-state index contributed by atoms with van der Waals surface area (Å²) in [4.78, 5) is 12.0. The lowest BCUT2D eigenvalue weighted by molar-refractivity contribution is 0.0925. The highest BCUT2D eigenvalue weighted by atomic mass is 16.3. The molecule has 4 heteroatoms. The molecule has 100 valence electrons. The lowest BCUT2D eigenvalue weighted by atomic mass is 9.95. The predicted octanol–water partition coefficient (Wildman–Crippen LogP) is 2.65. The van der Waals surface area contributed by atoms with Crippen molar-refractivity contribution in [2.75, 3.05) is 0 Å². The molecule has 1 aromatic rings. The number of nitrogens with one attached hydrogen (secondary N) is 1. The fourth-order valence-corrected chi connectivity index (χ4v) is 2.07. The van der Waals surface area contributed by atoms with Gasteiger partial charge in [-0.3, -0.25) is 4.79 Å². The van der Waals surface area contributed by atoms with E-state index in [1.807, 2.05) is 6.92 Å². The van der Waals surface area contributed by atoms with E-state index in [4.69, 9.17) is 0 Å². The van der Waals surface area contributed by atoms with Gasteiger partial charge in [-0.2, -0.15) is 0 Å². The molecule has 1 rings (SSSR count). The van der Waals surface area contributed by atoms with Crippen molar-refractivity contribution >= 4 is 5.91 Å². The first-order valence-electron chi connectivity index (χ1n) is 6.32. The average molecular weight is 251 g/mol. The van der Waals surface area contributed by atoms with Crippen LogP contribution in [0.2, 0.25) is 0 Å². The zero-order chi connectivity index (χ0) is 13.7. The lowest BCUT2D eigenvalue weighted by Crippen LogP contribution is -2.37. The maximum absolute atomic E-state index is 12.0. The lowest BCUT2D eigenvalue weighted by Gasteiger charge is -2.22. The van der Waals surface area contributed by atoms with E-state index in [-0.39, 0.29) is 23.4 Å². The first-order valence-corrected chi connectivity index (χ1v) is 6.32. The maximum Gasteiger partial charge on any atom is 0.251 e. The minimum absolute atomic E-state index is 0.0865. The number of phenolic OH excluding ortho intramolecular Hbond substituents is 2. The van der Waals surface area contributed by atoms with Crippen molar-refractivity contribution in [1.82, 2.24) is 5.32 Å². The van der Waals surface area contributed by atoms with Gasteiger partial charge in [0.05, 0.1) is 0 Å². The molecule has 1 aromatic carbocycles. The van der Waals surface area contributed by atoms with E-state index in [0.29, 0.717) is 11.5 Å². The van der Waals surface area contributed by atoms with Gasteiger partial charge in [0.15, 0.2) is 11.5 Å². The standard InChI is InChI=1S/C14H21NO3/c1-4-10(5-2)9(3)15-14(18)11-6-7-12(16)13(17)8-11/h6-10,16-17H,4-5H2,1-3H3,(H,15,18). The summed E-state index contributed by atoms with van der Waals surface area (Å²) < 4.78 is 0. The Labute approximate surface area is 108 Å². The SMILES string of the molecule is CCC(CC)C(C)NC(=O)c1ccc(O)c(O)c1. The monoisotopic (exact) mass is 251 g/mol. The normalized spacial score (nSPS) is 12.4. The molecule has 0 aliphatic carbocycles. The average Bonchev–Trinajstić information content (AvgIpc) is 2.34. The van der Waals surface area contributed by atoms with Crippen LogP contribution in [-0.2, 0) is 0 Å². The minimum Gasteiger partial charge on any atom is -0.504 e. The van der Waals surface area contributed by atoms with Gasteiger partial charge in [-0.1, -0.05) is 26.7 Å². The summed E-state index contributed by atoms with van der Waals surface area (Å²) in [6.45, 7) is 6.18. The second-order valence-corrected chi connectivity index (χ2v) is 4.54. The molecule has 0 aliphatic rings. The third kappa shape index (κ3) is 3.39. The third-order valence-corrected chi connectivity index (χ3v) is 3.35. The van der Waals surface area contributed by atoms with E-state index in [1.165, 1.54) is 18.2 Å². The number of benzene rings is 1. The number of hydrogen-bond acceptors (Lipinski definition) is 3. The van der Waals surface area contributed by atoms with Crippen molar-refractivity contribution in [2.45, 2.75) is 39.7 Å². The smallest absolute Gasteiger partial charge is 0.251 e. The van der Waals surface area contributed by atoms with Gasteiger partial charge in [-0.25, -0.2) is 0 Å². The Morgan fingerprint density at radius 3 is 2.33 bits per heavy atom. The fraction of sp³-hybridized carbons (Fsp3) is 0.500. The largest absolute Gasteiger partial charge is 0.504 e. The summed E-state index contributed by atoms with van der Waals surface area (Å²) in [6, 6.07) is 4.16. The first-order chi connectivity index (χ1) is 8.49. The zero-order valence-electron chi connectivity index (χ0n) is 11.1.